The molecule has 8 heteroatoms. The molecule has 1 N–H and O–H groups in total. The Morgan fingerprint density at radius 1 is 0.972 bits per heavy atom. The smallest absolute Gasteiger partial charge is 0.237 e. The second-order valence-corrected chi connectivity index (χ2v) is 9.61. The number of rotatable bonds is 7. The summed E-state index contributed by atoms with van der Waals surface area (Å²) in [6.07, 6.45) is 1.74. The first-order valence-corrected chi connectivity index (χ1v) is 12.4. The lowest BCUT2D eigenvalue weighted by Crippen LogP contribution is -2.23. The monoisotopic (exact) mass is 495 g/mol. The molecule has 36 heavy (non-hydrogen) atoms. The topological polar surface area (TPSA) is 81.9 Å². The number of fused-ring (bicyclic) bond motifs is 1. The molecule has 0 saturated carbocycles. The predicted molar refractivity (Wildman–Crippen MR) is 144 cm³/mol. The lowest BCUT2D eigenvalue weighted by atomic mass is 10.1. The summed E-state index contributed by atoms with van der Waals surface area (Å²) in [5, 5.41) is 13.1. The van der Waals surface area contributed by atoms with Gasteiger partial charge in [-0.25, -0.2) is 0 Å². The number of benzene rings is 3. The third-order valence-corrected chi connectivity index (χ3v) is 6.87. The summed E-state index contributed by atoms with van der Waals surface area (Å²) in [6.45, 7) is 3.91. The van der Waals surface area contributed by atoms with Crippen molar-refractivity contribution < 1.29 is 9.53 Å². The highest BCUT2D eigenvalue weighted by Gasteiger charge is 2.23. The van der Waals surface area contributed by atoms with Gasteiger partial charge < -0.3 is 10.1 Å². The molecule has 0 spiro atoms. The van der Waals surface area contributed by atoms with Gasteiger partial charge in [0.05, 0.1) is 29.1 Å². The fourth-order valence-electron chi connectivity index (χ4n) is 3.94. The number of pyridine rings is 1. The number of carbonyl (C=O) groups excluding carboxylic acids is 1. The van der Waals surface area contributed by atoms with Gasteiger partial charge in [0, 0.05) is 17.3 Å². The summed E-state index contributed by atoms with van der Waals surface area (Å²) < 4.78 is 7.55. The van der Waals surface area contributed by atoms with E-state index in [0.717, 1.165) is 33.4 Å². The average molecular weight is 496 g/mol. The SMILES string of the molecule is COc1ccccc1-c1nnc(SC(C)C(=O)Nc2cccc3ncccc23)n1-c1ccc(C)cc1. The van der Waals surface area contributed by atoms with Crippen LogP contribution >= 0.6 is 11.8 Å². The molecule has 2 heterocycles. The number of aromatic nitrogens is 4. The van der Waals surface area contributed by atoms with Crippen LogP contribution in [0.3, 0.4) is 0 Å². The van der Waals surface area contributed by atoms with Gasteiger partial charge in [0.15, 0.2) is 11.0 Å². The number of hydrogen-bond donors (Lipinski definition) is 1. The summed E-state index contributed by atoms with van der Waals surface area (Å²) in [6, 6.07) is 25.3. The molecule has 0 radical (unpaired) electrons. The molecule has 0 fully saturated rings. The molecule has 180 valence electrons. The zero-order valence-corrected chi connectivity index (χ0v) is 21.0. The molecule has 1 unspecified atom stereocenters. The van der Waals surface area contributed by atoms with E-state index < -0.39 is 5.25 Å². The number of hydrogen-bond acceptors (Lipinski definition) is 6. The quantitative estimate of drug-likeness (QED) is 0.282. The maximum Gasteiger partial charge on any atom is 0.237 e. The number of nitrogens with one attached hydrogen (secondary N) is 1. The summed E-state index contributed by atoms with van der Waals surface area (Å²) in [4.78, 5) is 17.6. The van der Waals surface area contributed by atoms with E-state index in [4.69, 9.17) is 4.74 Å². The summed E-state index contributed by atoms with van der Waals surface area (Å²) in [7, 11) is 1.64. The van der Waals surface area contributed by atoms with Gasteiger partial charge >= 0.3 is 0 Å². The molecule has 5 rings (SSSR count). The van der Waals surface area contributed by atoms with E-state index in [1.165, 1.54) is 11.8 Å². The Morgan fingerprint density at radius 3 is 2.58 bits per heavy atom. The fourth-order valence-corrected chi connectivity index (χ4v) is 4.80. The van der Waals surface area contributed by atoms with Crippen LogP contribution in [0.2, 0.25) is 0 Å². The molecule has 0 bridgehead atoms. The van der Waals surface area contributed by atoms with Crippen LogP contribution in [0.25, 0.3) is 28.0 Å². The van der Waals surface area contributed by atoms with Crippen molar-refractivity contribution in [3.63, 3.8) is 0 Å². The normalized spacial score (nSPS) is 11.9. The number of thioether (sulfide) groups is 1. The Morgan fingerprint density at radius 2 is 1.78 bits per heavy atom. The molecule has 0 saturated heterocycles. The first-order chi connectivity index (χ1) is 17.5. The van der Waals surface area contributed by atoms with Crippen LogP contribution in [0.5, 0.6) is 5.75 Å². The van der Waals surface area contributed by atoms with Gasteiger partial charge in [-0.05, 0) is 62.4 Å². The molecule has 5 aromatic rings. The number of para-hydroxylation sites is 1. The van der Waals surface area contributed by atoms with Crippen LogP contribution in [0.1, 0.15) is 12.5 Å². The molecule has 3 aromatic carbocycles. The van der Waals surface area contributed by atoms with Crippen LogP contribution in [0, 0.1) is 6.92 Å². The van der Waals surface area contributed by atoms with E-state index in [1.54, 1.807) is 13.3 Å². The molecular formula is C28H25N5O2S. The minimum atomic E-state index is -0.434. The van der Waals surface area contributed by atoms with E-state index in [2.05, 4.69) is 20.5 Å². The highest BCUT2D eigenvalue weighted by molar-refractivity contribution is 8.00. The molecular weight excluding hydrogens is 470 g/mol. The van der Waals surface area contributed by atoms with E-state index in [0.29, 0.717) is 16.7 Å². The Kier molecular flexibility index (Phi) is 6.69. The van der Waals surface area contributed by atoms with E-state index >= 15 is 0 Å². The largest absolute Gasteiger partial charge is 0.496 e. The lowest BCUT2D eigenvalue weighted by Gasteiger charge is -2.15. The van der Waals surface area contributed by atoms with Gasteiger partial charge in [0.25, 0.3) is 0 Å². The fraction of sp³-hybridized carbons (Fsp3) is 0.143. The van der Waals surface area contributed by atoms with Crippen LogP contribution in [-0.4, -0.2) is 38.0 Å². The minimum absolute atomic E-state index is 0.131. The van der Waals surface area contributed by atoms with E-state index in [-0.39, 0.29) is 5.91 Å². The molecule has 1 atom stereocenters. The first kappa shape index (κ1) is 23.6. The number of amides is 1. The average Bonchev–Trinajstić information content (AvgIpc) is 3.32. The van der Waals surface area contributed by atoms with Crippen molar-refractivity contribution in [2.24, 2.45) is 0 Å². The number of anilines is 1. The van der Waals surface area contributed by atoms with Gasteiger partial charge in [-0.3, -0.25) is 14.3 Å². The number of aryl methyl sites for hydroxylation is 1. The first-order valence-electron chi connectivity index (χ1n) is 11.5. The maximum atomic E-state index is 13.2. The molecule has 0 aliphatic rings. The number of ether oxygens (including phenoxy) is 1. The van der Waals surface area contributed by atoms with Gasteiger partial charge in [-0.2, -0.15) is 0 Å². The van der Waals surface area contributed by atoms with Crippen LogP contribution in [0.15, 0.2) is 90.2 Å². The predicted octanol–water partition coefficient (Wildman–Crippen LogP) is 5.92. The lowest BCUT2D eigenvalue weighted by molar-refractivity contribution is -0.115. The van der Waals surface area contributed by atoms with Gasteiger partial charge in [0.2, 0.25) is 5.91 Å². The third kappa shape index (κ3) is 4.67. The van der Waals surface area contributed by atoms with Crippen LogP contribution < -0.4 is 10.1 Å². The second kappa shape index (κ2) is 10.2. The minimum Gasteiger partial charge on any atom is -0.496 e. The molecule has 2 aromatic heterocycles. The molecule has 1 amide bonds. The second-order valence-electron chi connectivity index (χ2n) is 8.30. The number of methoxy groups -OCH3 is 1. The number of nitrogens with zero attached hydrogens (tertiary/aromatic N) is 4. The van der Waals surface area contributed by atoms with Crippen molar-refractivity contribution in [2.75, 3.05) is 12.4 Å². The highest BCUT2D eigenvalue weighted by Crippen LogP contribution is 2.34. The van der Waals surface area contributed by atoms with Crippen molar-refractivity contribution in [3.05, 3.63) is 90.6 Å². The van der Waals surface area contributed by atoms with Gasteiger partial charge in [0.1, 0.15) is 5.75 Å². The summed E-state index contributed by atoms with van der Waals surface area (Å²) in [5.74, 6) is 1.21. The Labute approximate surface area is 213 Å². The van der Waals surface area contributed by atoms with Crippen molar-refractivity contribution in [3.8, 4) is 22.8 Å². The highest BCUT2D eigenvalue weighted by atomic mass is 32.2. The molecule has 7 nitrogen and oxygen atoms in total. The Balaban J connectivity index is 1.48. The standard InChI is InChI=1S/C28H25N5O2S/c1-18-13-15-20(16-14-18)33-26(22-8-4-5-12-25(22)35-3)31-32-28(33)36-19(2)27(34)30-24-11-6-10-23-21(24)9-7-17-29-23/h4-17,19H,1-3H3,(H,30,34). The van der Waals surface area contributed by atoms with Crippen molar-refractivity contribution in [1.82, 2.24) is 19.7 Å². The Bertz CT molecular complexity index is 1530. The van der Waals surface area contributed by atoms with Crippen molar-refractivity contribution in [1.29, 1.82) is 0 Å². The van der Waals surface area contributed by atoms with E-state index in [1.807, 2.05) is 97.3 Å². The van der Waals surface area contributed by atoms with Gasteiger partial charge in [-0.1, -0.05) is 47.7 Å². The van der Waals surface area contributed by atoms with Gasteiger partial charge in [-0.15, -0.1) is 10.2 Å². The summed E-state index contributed by atoms with van der Waals surface area (Å²) >= 11 is 1.35. The van der Waals surface area contributed by atoms with Crippen molar-refractivity contribution in [2.45, 2.75) is 24.3 Å². The number of carbonyl (C=O) groups is 1. The molecule has 0 aliphatic heterocycles. The molecule has 0 aliphatic carbocycles. The van der Waals surface area contributed by atoms with Crippen LogP contribution in [0.4, 0.5) is 5.69 Å². The van der Waals surface area contributed by atoms with Crippen molar-refractivity contribution >= 4 is 34.3 Å². The Hall–Kier alpha value is -4.17. The van der Waals surface area contributed by atoms with E-state index in [9.17, 15) is 4.79 Å². The zero-order valence-electron chi connectivity index (χ0n) is 20.2. The zero-order chi connectivity index (χ0) is 25.1. The maximum absolute atomic E-state index is 13.2. The summed E-state index contributed by atoms with van der Waals surface area (Å²) in [5.41, 5.74) is 4.43. The third-order valence-electron chi connectivity index (χ3n) is 5.83. The van der Waals surface area contributed by atoms with Crippen LogP contribution in [-0.2, 0) is 4.79 Å².